The van der Waals surface area contributed by atoms with Crippen LogP contribution in [-0.2, 0) is 9.47 Å². The van der Waals surface area contributed by atoms with Gasteiger partial charge in [0, 0.05) is 20.3 Å². The van der Waals surface area contributed by atoms with E-state index in [2.05, 4.69) is 6.92 Å². The van der Waals surface area contributed by atoms with Crippen LogP contribution in [0.4, 0.5) is 0 Å². The molecule has 0 aromatic rings. The Morgan fingerprint density at radius 1 is 1.17 bits per heavy atom. The summed E-state index contributed by atoms with van der Waals surface area (Å²) in [6.07, 6.45) is 7.42. The van der Waals surface area contributed by atoms with Crippen LogP contribution < -0.4 is 0 Å². The Hall–Kier alpha value is -0.120. The SMILES string of the molecule is CCOC1(C(O)C(C)CCOC)CCCCCC1. The summed E-state index contributed by atoms with van der Waals surface area (Å²) in [7, 11) is 1.71. The van der Waals surface area contributed by atoms with Gasteiger partial charge < -0.3 is 14.6 Å². The van der Waals surface area contributed by atoms with E-state index >= 15 is 0 Å². The summed E-state index contributed by atoms with van der Waals surface area (Å²) in [5.41, 5.74) is -0.307. The fourth-order valence-electron chi connectivity index (χ4n) is 3.12. The third kappa shape index (κ3) is 4.22. The van der Waals surface area contributed by atoms with Crippen LogP contribution in [0, 0.1) is 5.92 Å². The average Bonchev–Trinajstić information content (AvgIpc) is 2.62. The lowest BCUT2D eigenvalue weighted by Crippen LogP contribution is -2.48. The maximum atomic E-state index is 10.7. The lowest BCUT2D eigenvalue weighted by atomic mass is 9.81. The van der Waals surface area contributed by atoms with Crippen LogP contribution in [-0.4, -0.2) is 37.1 Å². The quantitative estimate of drug-likeness (QED) is 0.713. The molecule has 0 aromatic carbocycles. The van der Waals surface area contributed by atoms with Crippen molar-refractivity contribution >= 4 is 0 Å². The van der Waals surface area contributed by atoms with Crippen LogP contribution in [0.1, 0.15) is 58.8 Å². The van der Waals surface area contributed by atoms with E-state index in [0.717, 1.165) is 19.3 Å². The Labute approximate surface area is 112 Å². The molecule has 3 heteroatoms. The maximum Gasteiger partial charge on any atom is 0.0942 e. The molecule has 0 radical (unpaired) electrons. The number of hydrogen-bond acceptors (Lipinski definition) is 3. The Morgan fingerprint density at radius 2 is 1.78 bits per heavy atom. The highest BCUT2D eigenvalue weighted by Gasteiger charge is 2.41. The van der Waals surface area contributed by atoms with E-state index in [0.29, 0.717) is 13.2 Å². The van der Waals surface area contributed by atoms with Gasteiger partial charge in [-0.1, -0.05) is 32.6 Å². The van der Waals surface area contributed by atoms with E-state index in [4.69, 9.17) is 9.47 Å². The molecule has 1 N–H and O–H groups in total. The first-order chi connectivity index (χ1) is 8.66. The molecule has 18 heavy (non-hydrogen) atoms. The van der Waals surface area contributed by atoms with Crippen LogP contribution in [0.25, 0.3) is 0 Å². The van der Waals surface area contributed by atoms with Gasteiger partial charge in [-0.2, -0.15) is 0 Å². The summed E-state index contributed by atoms with van der Waals surface area (Å²) in [5.74, 6) is 0.231. The van der Waals surface area contributed by atoms with E-state index in [-0.39, 0.29) is 17.6 Å². The third-order valence-electron chi connectivity index (χ3n) is 4.24. The monoisotopic (exact) mass is 258 g/mol. The number of aliphatic hydroxyl groups excluding tert-OH is 1. The van der Waals surface area contributed by atoms with Crippen LogP contribution in [0.3, 0.4) is 0 Å². The first kappa shape index (κ1) is 15.9. The molecule has 108 valence electrons. The zero-order chi connectivity index (χ0) is 13.4. The Morgan fingerprint density at radius 3 is 2.28 bits per heavy atom. The number of methoxy groups -OCH3 is 1. The minimum absolute atomic E-state index is 0.231. The summed E-state index contributed by atoms with van der Waals surface area (Å²) < 4.78 is 11.1. The molecule has 1 fully saturated rings. The van der Waals surface area contributed by atoms with Crippen molar-refractivity contribution < 1.29 is 14.6 Å². The zero-order valence-electron chi connectivity index (χ0n) is 12.3. The molecule has 1 aliphatic rings. The van der Waals surface area contributed by atoms with Crippen molar-refractivity contribution in [3.05, 3.63) is 0 Å². The molecule has 3 nitrogen and oxygen atoms in total. The lowest BCUT2D eigenvalue weighted by Gasteiger charge is -2.40. The normalized spacial score (nSPS) is 23.3. The van der Waals surface area contributed by atoms with Crippen molar-refractivity contribution in [1.82, 2.24) is 0 Å². The Balaban J connectivity index is 2.68. The maximum absolute atomic E-state index is 10.7. The molecular weight excluding hydrogens is 228 g/mol. The van der Waals surface area contributed by atoms with Crippen molar-refractivity contribution in [2.24, 2.45) is 5.92 Å². The van der Waals surface area contributed by atoms with Gasteiger partial charge in [0.2, 0.25) is 0 Å². The molecule has 0 aliphatic heterocycles. The van der Waals surface area contributed by atoms with Crippen LogP contribution in [0.2, 0.25) is 0 Å². The molecule has 0 amide bonds. The predicted octanol–water partition coefficient (Wildman–Crippen LogP) is 3.15. The van der Waals surface area contributed by atoms with Crippen molar-refractivity contribution in [1.29, 1.82) is 0 Å². The molecule has 1 saturated carbocycles. The van der Waals surface area contributed by atoms with Crippen molar-refractivity contribution in [3.63, 3.8) is 0 Å². The van der Waals surface area contributed by atoms with Gasteiger partial charge in [0.15, 0.2) is 0 Å². The third-order valence-corrected chi connectivity index (χ3v) is 4.24. The highest BCUT2D eigenvalue weighted by atomic mass is 16.5. The van der Waals surface area contributed by atoms with Gasteiger partial charge in [-0.05, 0) is 32.1 Å². The van der Waals surface area contributed by atoms with Gasteiger partial charge in [-0.25, -0.2) is 0 Å². The van der Waals surface area contributed by atoms with Crippen molar-refractivity contribution in [3.8, 4) is 0 Å². The summed E-state index contributed by atoms with van der Waals surface area (Å²) in [5, 5.41) is 10.7. The summed E-state index contributed by atoms with van der Waals surface area (Å²) in [6, 6.07) is 0. The number of hydrogen-bond donors (Lipinski definition) is 1. The second-order valence-electron chi connectivity index (χ2n) is 5.62. The van der Waals surface area contributed by atoms with Crippen LogP contribution in [0.15, 0.2) is 0 Å². The second-order valence-corrected chi connectivity index (χ2v) is 5.62. The predicted molar refractivity (Wildman–Crippen MR) is 73.7 cm³/mol. The van der Waals surface area contributed by atoms with Crippen LogP contribution >= 0.6 is 0 Å². The zero-order valence-corrected chi connectivity index (χ0v) is 12.3. The van der Waals surface area contributed by atoms with Gasteiger partial charge >= 0.3 is 0 Å². The number of aliphatic hydroxyl groups is 1. The molecule has 2 unspecified atom stereocenters. The smallest absolute Gasteiger partial charge is 0.0942 e. The first-order valence-corrected chi connectivity index (χ1v) is 7.47. The van der Waals surface area contributed by atoms with E-state index in [9.17, 15) is 5.11 Å². The van der Waals surface area contributed by atoms with E-state index < -0.39 is 0 Å². The Kier molecular flexibility index (Phi) is 7.20. The number of ether oxygens (including phenoxy) is 2. The largest absolute Gasteiger partial charge is 0.390 e. The van der Waals surface area contributed by atoms with Gasteiger partial charge in [-0.3, -0.25) is 0 Å². The van der Waals surface area contributed by atoms with Gasteiger partial charge in [0.1, 0.15) is 0 Å². The fourth-order valence-corrected chi connectivity index (χ4v) is 3.12. The van der Waals surface area contributed by atoms with E-state index in [1.807, 2.05) is 6.92 Å². The van der Waals surface area contributed by atoms with E-state index in [1.165, 1.54) is 25.7 Å². The molecule has 0 spiro atoms. The van der Waals surface area contributed by atoms with Crippen molar-refractivity contribution in [2.75, 3.05) is 20.3 Å². The first-order valence-electron chi connectivity index (χ1n) is 7.47. The van der Waals surface area contributed by atoms with Gasteiger partial charge in [-0.15, -0.1) is 0 Å². The minimum Gasteiger partial charge on any atom is -0.390 e. The molecule has 2 atom stereocenters. The van der Waals surface area contributed by atoms with Crippen molar-refractivity contribution in [2.45, 2.75) is 70.5 Å². The summed E-state index contributed by atoms with van der Waals surface area (Å²) >= 11 is 0. The van der Waals surface area contributed by atoms with Gasteiger partial charge in [0.05, 0.1) is 11.7 Å². The molecule has 0 heterocycles. The molecule has 0 aromatic heterocycles. The highest BCUT2D eigenvalue weighted by Crippen LogP contribution is 2.36. The summed E-state index contributed by atoms with van der Waals surface area (Å²) in [4.78, 5) is 0. The van der Waals surface area contributed by atoms with E-state index in [1.54, 1.807) is 7.11 Å². The second kappa shape index (κ2) is 8.13. The highest BCUT2D eigenvalue weighted by molar-refractivity contribution is 4.92. The molecule has 0 saturated heterocycles. The average molecular weight is 258 g/mol. The molecule has 1 aliphatic carbocycles. The minimum atomic E-state index is -0.370. The Bertz CT molecular complexity index is 210. The molecular formula is C15H30O3. The lowest BCUT2D eigenvalue weighted by molar-refractivity contribution is -0.147. The topological polar surface area (TPSA) is 38.7 Å². The molecule has 1 rings (SSSR count). The van der Waals surface area contributed by atoms with Crippen LogP contribution in [0.5, 0.6) is 0 Å². The summed E-state index contributed by atoms with van der Waals surface area (Å²) in [6.45, 7) is 5.53. The standard InChI is InChI=1S/C15H30O3/c1-4-18-15(10-7-5-6-8-11-15)14(16)13(2)9-12-17-3/h13-14,16H,4-12H2,1-3H3. The fraction of sp³-hybridized carbons (Fsp3) is 1.00. The number of rotatable bonds is 7. The molecule has 0 bridgehead atoms. The van der Waals surface area contributed by atoms with Gasteiger partial charge in [0.25, 0.3) is 0 Å².